The molecule has 1 saturated heterocycles. The van der Waals surface area contributed by atoms with Crippen LogP contribution < -0.4 is 4.90 Å². The summed E-state index contributed by atoms with van der Waals surface area (Å²) in [5.41, 5.74) is -0.0400. The average molecular weight is 388 g/mol. The highest BCUT2D eigenvalue weighted by Crippen LogP contribution is 2.27. The summed E-state index contributed by atoms with van der Waals surface area (Å²) in [7, 11) is 0. The van der Waals surface area contributed by atoms with Crippen LogP contribution in [-0.4, -0.2) is 49.6 Å². The van der Waals surface area contributed by atoms with Gasteiger partial charge in [0.05, 0.1) is 35.0 Å². The highest BCUT2D eigenvalue weighted by molar-refractivity contribution is 6.01. The molecule has 0 bridgehead atoms. The number of carbonyl (C=O) groups excluding carboxylic acids is 2. The molecule has 0 saturated carbocycles. The predicted octanol–water partition coefficient (Wildman–Crippen LogP) is 2.61. The molecule has 8 nitrogen and oxygen atoms in total. The molecule has 0 radical (unpaired) electrons. The van der Waals surface area contributed by atoms with Gasteiger partial charge in [0.25, 0.3) is 5.69 Å². The molecule has 28 heavy (non-hydrogen) atoms. The van der Waals surface area contributed by atoms with Crippen LogP contribution in [0.25, 0.3) is 0 Å². The number of carbonyl (C=O) groups is 2. The third kappa shape index (κ3) is 4.32. The number of esters is 1. The first-order valence-electron chi connectivity index (χ1n) is 8.53. The molecule has 0 N–H and O–H groups in total. The predicted molar refractivity (Wildman–Crippen MR) is 97.1 cm³/mol. The second-order valence-corrected chi connectivity index (χ2v) is 6.04. The Bertz CT molecular complexity index is 911. The number of Topliss-reactive ketones (excluding diaryl/α,β-unsaturated/α-hetero) is 1. The van der Waals surface area contributed by atoms with E-state index < -0.39 is 29.1 Å². The number of hydrogen-bond acceptors (Lipinski definition) is 7. The number of rotatable bonds is 6. The Morgan fingerprint density at radius 2 is 1.86 bits per heavy atom. The first-order valence-corrected chi connectivity index (χ1v) is 8.53. The Kier molecular flexibility index (Phi) is 5.95. The third-order valence-electron chi connectivity index (χ3n) is 4.27. The molecule has 0 aromatic heterocycles. The number of halogens is 1. The fraction of sp³-hybridized carbons (Fsp3) is 0.263. The number of ether oxygens (including phenoxy) is 2. The lowest BCUT2D eigenvalue weighted by atomic mass is 10.1. The monoisotopic (exact) mass is 388 g/mol. The number of non-ortho nitro benzene ring substituents is 1. The highest BCUT2D eigenvalue weighted by atomic mass is 19.1. The Morgan fingerprint density at radius 3 is 2.54 bits per heavy atom. The topological polar surface area (TPSA) is 99.0 Å². The largest absolute Gasteiger partial charge is 0.454 e. The van der Waals surface area contributed by atoms with Gasteiger partial charge in [0.1, 0.15) is 5.82 Å². The van der Waals surface area contributed by atoms with E-state index in [9.17, 15) is 24.1 Å². The second kappa shape index (κ2) is 8.57. The number of nitro groups is 1. The van der Waals surface area contributed by atoms with Crippen LogP contribution in [0.5, 0.6) is 0 Å². The van der Waals surface area contributed by atoms with E-state index in [-0.39, 0.29) is 16.8 Å². The number of anilines is 1. The van der Waals surface area contributed by atoms with Gasteiger partial charge in [-0.2, -0.15) is 0 Å². The lowest BCUT2D eigenvalue weighted by Crippen LogP contribution is -2.37. The molecule has 1 aliphatic rings. The van der Waals surface area contributed by atoms with Crippen molar-refractivity contribution in [3.8, 4) is 0 Å². The molecule has 2 aromatic rings. The molecular formula is C19H17FN2O6. The SMILES string of the molecule is O=C(COC(=O)c1cc([N+](=O)[O-])ccc1N1CCOCC1)c1ccccc1F. The van der Waals surface area contributed by atoms with Crippen LogP contribution in [0.1, 0.15) is 20.7 Å². The van der Waals surface area contributed by atoms with E-state index in [4.69, 9.17) is 9.47 Å². The molecule has 2 aromatic carbocycles. The Hall–Kier alpha value is -3.33. The fourth-order valence-corrected chi connectivity index (χ4v) is 2.86. The van der Waals surface area contributed by atoms with Crippen LogP contribution in [-0.2, 0) is 9.47 Å². The van der Waals surface area contributed by atoms with Gasteiger partial charge in [-0.1, -0.05) is 12.1 Å². The van der Waals surface area contributed by atoms with Gasteiger partial charge in [-0.15, -0.1) is 0 Å². The van der Waals surface area contributed by atoms with Crippen molar-refractivity contribution in [1.29, 1.82) is 0 Å². The van der Waals surface area contributed by atoms with Crippen LogP contribution in [0.15, 0.2) is 42.5 Å². The van der Waals surface area contributed by atoms with Gasteiger partial charge in [-0.25, -0.2) is 9.18 Å². The molecule has 146 valence electrons. The number of benzene rings is 2. The van der Waals surface area contributed by atoms with E-state index in [2.05, 4.69) is 0 Å². The molecule has 0 unspecified atom stereocenters. The van der Waals surface area contributed by atoms with Crippen molar-refractivity contribution in [2.75, 3.05) is 37.8 Å². The molecule has 0 amide bonds. The number of hydrogen-bond donors (Lipinski definition) is 0. The maximum atomic E-state index is 13.7. The number of nitrogens with zero attached hydrogens (tertiary/aromatic N) is 2. The molecule has 0 atom stereocenters. The standard InChI is InChI=1S/C19H17FN2O6/c20-16-4-2-1-3-14(16)18(23)12-28-19(24)15-11-13(22(25)26)5-6-17(15)21-7-9-27-10-8-21/h1-6,11H,7-10,12H2. The normalized spacial score (nSPS) is 13.8. The van der Waals surface area contributed by atoms with Crippen LogP contribution in [0.3, 0.4) is 0 Å². The summed E-state index contributed by atoms with van der Waals surface area (Å²) < 4.78 is 24.0. The summed E-state index contributed by atoms with van der Waals surface area (Å²) in [6.45, 7) is 1.25. The van der Waals surface area contributed by atoms with Gasteiger partial charge in [0, 0.05) is 25.2 Å². The zero-order chi connectivity index (χ0) is 20.1. The van der Waals surface area contributed by atoms with Crippen molar-refractivity contribution >= 4 is 23.1 Å². The van der Waals surface area contributed by atoms with E-state index in [0.717, 1.165) is 12.1 Å². The van der Waals surface area contributed by atoms with Gasteiger partial charge in [0.2, 0.25) is 5.78 Å². The molecule has 1 heterocycles. The van der Waals surface area contributed by atoms with Crippen LogP contribution >= 0.6 is 0 Å². The minimum Gasteiger partial charge on any atom is -0.454 e. The van der Waals surface area contributed by atoms with E-state index in [1.165, 1.54) is 30.3 Å². The summed E-state index contributed by atoms with van der Waals surface area (Å²) in [6.07, 6.45) is 0. The summed E-state index contributed by atoms with van der Waals surface area (Å²) in [5.74, 6) is -2.31. The minimum atomic E-state index is -0.894. The quantitative estimate of drug-likeness (QED) is 0.325. The Morgan fingerprint density at radius 1 is 1.14 bits per heavy atom. The number of ketones is 1. The first-order chi connectivity index (χ1) is 13.5. The zero-order valence-corrected chi connectivity index (χ0v) is 14.8. The van der Waals surface area contributed by atoms with Gasteiger partial charge in [0.15, 0.2) is 6.61 Å². The molecule has 0 spiro atoms. The number of nitro benzene ring substituents is 1. The molecule has 1 aliphatic heterocycles. The fourth-order valence-electron chi connectivity index (χ4n) is 2.86. The van der Waals surface area contributed by atoms with Crippen molar-refractivity contribution in [3.63, 3.8) is 0 Å². The number of morpholine rings is 1. The Balaban J connectivity index is 1.80. The van der Waals surface area contributed by atoms with Crippen molar-refractivity contribution in [1.82, 2.24) is 0 Å². The van der Waals surface area contributed by atoms with Crippen molar-refractivity contribution in [3.05, 3.63) is 69.5 Å². The van der Waals surface area contributed by atoms with Gasteiger partial charge >= 0.3 is 5.97 Å². The third-order valence-corrected chi connectivity index (χ3v) is 4.27. The van der Waals surface area contributed by atoms with Crippen LogP contribution in [0, 0.1) is 15.9 Å². The zero-order valence-electron chi connectivity index (χ0n) is 14.8. The van der Waals surface area contributed by atoms with Gasteiger partial charge < -0.3 is 14.4 Å². The van der Waals surface area contributed by atoms with Gasteiger partial charge in [-0.3, -0.25) is 14.9 Å². The van der Waals surface area contributed by atoms with Crippen LogP contribution in [0.4, 0.5) is 15.8 Å². The van der Waals surface area contributed by atoms with E-state index in [0.29, 0.717) is 32.0 Å². The summed E-state index contributed by atoms with van der Waals surface area (Å²) in [5, 5.41) is 11.1. The minimum absolute atomic E-state index is 0.0302. The first kappa shape index (κ1) is 19.4. The molecular weight excluding hydrogens is 371 g/mol. The maximum absolute atomic E-state index is 13.7. The van der Waals surface area contributed by atoms with Crippen molar-refractivity contribution in [2.24, 2.45) is 0 Å². The molecule has 3 rings (SSSR count). The van der Waals surface area contributed by atoms with Gasteiger partial charge in [-0.05, 0) is 18.2 Å². The molecule has 9 heteroatoms. The van der Waals surface area contributed by atoms with Crippen LogP contribution in [0.2, 0.25) is 0 Å². The Labute approximate surface area is 159 Å². The highest BCUT2D eigenvalue weighted by Gasteiger charge is 2.24. The second-order valence-electron chi connectivity index (χ2n) is 6.04. The van der Waals surface area contributed by atoms with E-state index in [1.54, 1.807) is 0 Å². The van der Waals surface area contributed by atoms with E-state index >= 15 is 0 Å². The lowest BCUT2D eigenvalue weighted by molar-refractivity contribution is -0.384. The summed E-state index contributed by atoms with van der Waals surface area (Å²) in [6, 6.07) is 9.24. The average Bonchev–Trinajstić information content (AvgIpc) is 2.72. The molecule has 1 fully saturated rings. The molecule has 0 aliphatic carbocycles. The smallest absolute Gasteiger partial charge is 0.340 e. The summed E-state index contributed by atoms with van der Waals surface area (Å²) in [4.78, 5) is 37.0. The lowest BCUT2D eigenvalue weighted by Gasteiger charge is -2.30. The van der Waals surface area contributed by atoms with Crippen molar-refractivity contribution in [2.45, 2.75) is 0 Å². The summed E-state index contributed by atoms with van der Waals surface area (Å²) >= 11 is 0. The van der Waals surface area contributed by atoms with E-state index in [1.807, 2.05) is 4.90 Å². The van der Waals surface area contributed by atoms with Crippen molar-refractivity contribution < 1.29 is 28.4 Å². The maximum Gasteiger partial charge on any atom is 0.340 e.